The average molecular weight is 652 g/mol. The van der Waals surface area contributed by atoms with Gasteiger partial charge in [-0.2, -0.15) is 0 Å². The number of ether oxygens (including phenoxy) is 6. The fourth-order valence-corrected chi connectivity index (χ4v) is 5.48. The van der Waals surface area contributed by atoms with Crippen molar-refractivity contribution in [3.05, 3.63) is 0 Å². The zero-order valence-electron chi connectivity index (χ0n) is 25.4. The number of carboxylic acids is 1. The second-order valence-corrected chi connectivity index (χ2v) is 11.1. The first kappa shape index (κ1) is 36.5. The number of carboxylic acid groups (broad SMARTS) is 1. The first-order valence-electron chi connectivity index (χ1n) is 14.1. The molecule has 256 valence electrons. The Morgan fingerprint density at radius 1 is 0.600 bits per heavy atom. The number of carbonyl (C=O) groups is 5. The van der Waals surface area contributed by atoms with E-state index in [0.29, 0.717) is 0 Å². The number of aliphatic carboxylic acids is 1. The van der Waals surface area contributed by atoms with E-state index in [1.807, 2.05) is 0 Å². The van der Waals surface area contributed by atoms with Crippen LogP contribution in [0.25, 0.3) is 0 Å². The van der Waals surface area contributed by atoms with E-state index in [4.69, 9.17) is 28.4 Å². The Kier molecular flexibility index (Phi) is 12.2. The first-order chi connectivity index (χ1) is 20.9. The topological polar surface area (TPSA) is 278 Å². The highest BCUT2D eigenvalue weighted by Gasteiger charge is 2.55. The molecule has 0 bridgehead atoms. The van der Waals surface area contributed by atoms with Gasteiger partial charge in [0.15, 0.2) is 31.1 Å². The minimum absolute atomic E-state index is 0.589. The molecule has 3 saturated heterocycles. The second-order valence-electron chi connectivity index (χ2n) is 11.1. The number of aliphatic hydroxyl groups excluding tert-OH is 4. The van der Waals surface area contributed by atoms with Crippen molar-refractivity contribution in [2.75, 3.05) is 0 Å². The van der Waals surface area contributed by atoms with Gasteiger partial charge in [-0.05, 0) is 13.8 Å². The third-order valence-electron chi connectivity index (χ3n) is 7.45. The standard InChI is InChI=1S/C26H41N3O16/c1-7-16(34)20(14(24(39)40-7)28-10(4)31)44-26-15(29-11(5)32)21(42-12(6)33)19(8(2)41-26)43-25-13(27-9(3)30)17(35)18(36)22(45-25)23(37)38/h7-8,13-22,24-26,34-36,39H,1-6H3,(H,27,30)(H,28,31)(H,29,32)(H,37,38)/t7-,8+,13+,14-,15+,16+,17-,18+,19-,20-,21+,22+,24-,25-,26+/m1/s1. The third kappa shape index (κ3) is 8.63. The van der Waals surface area contributed by atoms with E-state index in [0.717, 1.165) is 20.8 Å². The lowest BCUT2D eigenvalue weighted by atomic mass is 9.93. The van der Waals surface area contributed by atoms with Crippen LogP contribution in [0.1, 0.15) is 41.5 Å². The van der Waals surface area contributed by atoms with Crippen LogP contribution in [0, 0.1) is 0 Å². The summed E-state index contributed by atoms with van der Waals surface area (Å²) in [7, 11) is 0. The molecule has 0 saturated carbocycles. The van der Waals surface area contributed by atoms with Crippen molar-refractivity contribution in [3.8, 4) is 0 Å². The summed E-state index contributed by atoms with van der Waals surface area (Å²) in [5, 5.41) is 59.2. The van der Waals surface area contributed by atoms with E-state index < -0.39 is 122 Å². The summed E-state index contributed by atoms with van der Waals surface area (Å²) in [5.74, 6) is -4.44. The second kappa shape index (κ2) is 15.1. The Labute approximate surface area is 257 Å². The highest BCUT2D eigenvalue weighted by molar-refractivity contribution is 5.75. The molecule has 19 heteroatoms. The smallest absolute Gasteiger partial charge is 0.335 e. The Morgan fingerprint density at radius 2 is 1.11 bits per heavy atom. The molecule has 3 rings (SSSR count). The number of hydrogen-bond acceptors (Lipinski definition) is 15. The lowest BCUT2D eigenvalue weighted by Gasteiger charge is -2.50. The number of carbonyl (C=O) groups excluding carboxylic acids is 4. The molecule has 0 aromatic rings. The molecule has 8 N–H and O–H groups in total. The highest BCUT2D eigenvalue weighted by atomic mass is 16.7. The monoisotopic (exact) mass is 651 g/mol. The summed E-state index contributed by atoms with van der Waals surface area (Å²) < 4.78 is 34.3. The zero-order valence-corrected chi connectivity index (χ0v) is 25.4. The van der Waals surface area contributed by atoms with Crippen molar-refractivity contribution in [2.45, 2.75) is 133 Å². The Hall–Kier alpha value is -3.01. The van der Waals surface area contributed by atoms with E-state index in [1.54, 1.807) is 0 Å². The number of esters is 1. The molecule has 0 aromatic carbocycles. The summed E-state index contributed by atoms with van der Waals surface area (Å²) in [6.07, 6.45) is -18.5. The molecule has 0 spiro atoms. The van der Waals surface area contributed by atoms with Crippen LogP contribution in [-0.4, -0.2) is 147 Å². The van der Waals surface area contributed by atoms with Gasteiger partial charge in [0.05, 0.1) is 12.2 Å². The van der Waals surface area contributed by atoms with Crippen LogP contribution in [0.5, 0.6) is 0 Å². The number of aliphatic hydroxyl groups is 4. The maximum atomic E-state index is 12.3. The van der Waals surface area contributed by atoms with Crippen LogP contribution >= 0.6 is 0 Å². The van der Waals surface area contributed by atoms with Gasteiger partial charge in [-0.25, -0.2) is 4.79 Å². The van der Waals surface area contributed by atoms with Crippen molar-refractivity contribution in [1.29, 1.82) is 0 Å². The predicted octanol–water partition coefficient (Wildman–Crippen LogP) is -4.42. The molecule has 3 fully saturated rings. The largest absolute Gasteiger partial charge is 0.479 e. The fourth-order valence-electron chi connectivity index (χ4n) is 5.48. The van der Waals surface area contributed by atoms with Gasteiger partial charge in [0.1, 0.15) is 48.6 Å². The van der Waals surface area contributed by atoms with Gasteiger partial charge in [0.2, 0.25) is 17.7 Å². The van der Waals surface area contributed by atoms with Crippen LogP contribution in [0.4, 0.5) is 0 Å². The van der Waals surface area contributed by atoms with Crippen LogP contribution in [0.15, 0.2) is 0 Å². The van der Waals surface area contributed by atoms with Gasteiger partial charge in [0.25, 0.3) is 0 Å². The molecule has 19 nitrogen and oxygen atoms in total. The third-order valence-corrected chi connectivity index (χ3v) is 7.45. The van der Waals surface area contributed by atoms with Gasteiger partial charge < -0.3 is 69.9 Å². The van der Waals surface area contributed by atoms with E-state index in [1.165, 1.54) is 20.8 Å². The normalized spacial score (nSPS) is 41.8. The van der Waals surface area contributed by atoms with Crippen molar-refractivity contribution >= 4 is 29.7 Å². The summed E-state index contributed by atoms with van der Waals surface area (Å²) in [6, 6.07) is -4.21. The van der Waals surface area contributed by atoms with Crippen LogP contribution in [-0.2, 0) is 52.4 Å². The molecule has 3 aliphatic heterocycles. The lowest BCUT2D eigenvalue weighted by molar-refractivity contribution is -0.341. The Morgan fingerprint density at radius 3 is 1.64 bits per heavy atom. The fraction of sp³-hybridized carbons (Fsp3) is 0.808. The first-order valence-corrected chi connectivity index (χ1v) is 14.1. The molecule has 0 unspecified atom stereocenters. The molecule has 45 heavy (non-hydrogen) atoms. The van der Waals surface area contributed by atoms with Gasteiger partial charge in [0, 0.05) is 27.7 Å². The van der Waals surface area contributed by atoms with E-state index >= 15 is 0 Å². The zero-order chi connectivity index (χ0) is 33.9. The number of rotatable bonds is 9. The van der Waals surface area contributed by atoms with Crippen molar-refractivity contribution in [3.63, 3.8) is 0 Å². The predicted molar refractivity (Wildman–Crippen MR) is 143 cm³/mol. The summed E-state index contributed by atoms with van der Waals surface area (Å²) in [5.41, 5.74) is 0. The maximum Gasteiger partial charge on any atom is 0.335 e. The summed E-state index contributed by atoms with van der Waals surface area (Å²) in [4.78, 5) is 60.2. The van der Waals surface area contributed by atoms with Crippen molar-refractivity contribution in [2.24, 2.45) is 0 Å². The molecule has 3 amide bonds. The molecule has 0 aliphatic carbocycles. The summed E-state index contributed by atoms with van der Waals surface area (Å²) >= 11 is 0. The van der Waals surface area contributed by atoms with E-state index in [9.17, 15) is 49.5 Å². The van der Waals surface area contributed by atoms with E-state index in [-0.39, 0.29) is 0 Å². The van der Waals surface area contributed by atoms with Gasteiger partial charge >= 0.3 is 11.9 Å². The molecule has 3 heterocycles. The molecular formula is C26H41N3O16. The minimum Gasteiger partial charge on any atom is -0.479 e. The summed E-state index contributed by atoms with van der Waals surface area (Å²) in [6.45, 7) is 7.33. The quantitative estimate of drug-likeness (QED) is 0.109. The average Bonchev–Trinajstić information content (AvgIpc) is 2.91. The minimum atomic E-state index is -1.99. The van der Waals surface area contributed by atoms with Crippen molar-refractivity contribution < 1.29 is 77.9 Å². The number of hydrogen-bond donors (Lipinski definition) is 8. The van der Waals surface area contributed by atoms with Crippen LogP contribution in [0.2, 0.25) is 0 Å². The number of amides is 3. The van der Waals surface area contributed by atoms with Crippen LogP contribution in [0.3, 0.4) is 0 Å². The maximum absolute atomic E-state index is 12.3. The Bertz CT molecular complexity index is 1110. The van der Waals surface area contributed by atoms with Gasteiger partial charge in [-0.1, -0.05) is 0 Å². The Balaban J connectivity index is 2.00. The molecule has 3 aliphatic rings. The number of nitrogens with one attached hydrogen (secondary N) is 3. The molecule has 0 radical (unpaired) electrons. The molecule has 15 atom stereocenters. The van der Waals surface area contributed by atoms with Gasteiger partial charge in [-0.3, -0.25) is 19.2 Å². The molecule has 0 aromatic heterocycles. The van der Waals surface area contributed by atoms with Crippen LogP contribution < -0.4 is 16.0 Å². The van der Waals surface area contributed by atoms with Crippen molar-refractivity contribution in [1.82, 2.24) is 16.0 Å². The van der Waals surface area contributed by atoms with Gasteiger partial charge in [-0.15, -0.1) is 0 Å². The highest BCUT2D eigenvalue weighted by Crippen LogP contribution is 2.33. The SMILES string of the molecule is CC(=O)N[C@@H]1[C@H](O[C@H]2[C@@H](OC(C)=O)[C@H](NC(C)=O)[C@H](O[C@H]3[C@@H](O)[C@@H](C)O[C@@H](O)[C@@H]3NC(C)=O)O[C@H]2C)O[C@H](C(=O)O)[C@@H](O)[C@@H]1O. The lowest BCUT2D eigenvalue weighted by Crippen LogP contribution is -2.71. The van der Waals surface area contributed by atoms with E-state index in [2.05, 4.69) is 16.0 Å². The molecular weight excluding hydrogens is 610 g/mol.